The summed E-state index contributed by atoms with van der Waals surface area (Å²) in [5.41, 5.74) is 2.25. The van der Waals surface area contributed by atoms with Crippen molar-refractivity contribution in [3.63, 3.8) is 0 Å². The first-order chi connectivity index (χ1) is 9.24. The highest BCUT2D eigenvalue weighted by Crippen LogP contribution is 2.24. The molecule has 0 saturated heterocycles. The van der Waals surface area contributed by atoms with Crippen LogP contribution in [-0.2, 0) is 0 Å². The molecule has 0 fully saturated rings. The van der Waals surface area contributed by atoms with Gasteiger partial charge in [-0.25, -0.2) is 4.39 Å². The molecule has 2 nitrogen and oxygen atoms in total. The van der Waals surface area contributed by atoms with Gasteiger partial charge in [0.15, 0.2) is 0 Å². The van der Waals surface area contributed by atoms with Crippen LogP contribution in [0, 0.1) is 5.82 Å². The minimum atomic E-state index is -0.771. The summed E-state index contributed by atoms with van der Waals surface area (Å²) in [4.78, 5) is 4.26. The number of hydrogen-bond donors (Lipinski definition) is 1. The molecule has 0 aliphatic heterocycles. The zero-order chi connectivity index (χ0) is 13.2. The van der Waals surface area contributed by atoms with Crippen LogP contribution in [0.2, 0.25) is 0 Å². The fraction of sp³-hybridized carbons (Fsp3) is 0.0625. The Morgan fingerprint density at radius 2 is 1.68 bits per heavy atom. The van der Waals surface area contributed by atoms with Crippen molar-refractivity contribution >= 4 is 10.9 Å². The SMILES string of the molecule is OC(c1ccc(F)cc1)c1ccc2cccnc2c1. The van der Waals surface area contributed by atoms with E-state index >= 15 is 0 Å². The molecule has 3 aromatic rings. The molecule has 1 atom stereocenters. The predicted octanol–water partition coefficient (Wildman–Crippen LogP) is 3.46. The predicted molar refractivity (Wildman–Crippen MR) is 72.2 cm³/mol. The van der Waals surface area contributed by atoms with Gasteiger partial charge in [0.05, 0.1) is 5.52 Å². The van der Waals surface area contributed by atoms with Crippen molar-refractivity contribution in [2.75, 3.05) is 0 Å². The van der Waals surface area contributed by atoms with Gasteiger partial charge >= 0.3 is 0 Å². The average Bonchev–Trinajstić information content (AvgIpc) is 2.47. The minimum Gasteiger partial charge on any atom is -0.384 e. The summed E-state index contributed by atoms with van der Waals surface area (Å²) >= 11 is 0. The smallest absolute Gasteiger partial charge is 0.123 e. The Morgan fingerprint density at radius 3 is 2.47 bits per heavy atom. The van der Waals surface area contributed by atoms with Crippen molar-refractivity contribution in [2.45, 2.75) is 6.10 Å². The van der Waals surface area contributed by atoms with Crippen molar-refractivity contribution in [3.05, 3.63) is 77.7 Å². The van der Waals surface area contributed by atoms with Gasteiger partial charge in [-0.3, -0.25) is 4.98 Å². The summed E-state index contributed by atoms with van der Waals surface area (Å²) in [6.45, 7) is 0. The monoisotopic (exact) mass is 253 g/mol. The number of nitrogens with zero attached hydrogens (tertiary/aromatic N) is 1. The normalized spacial score (nSPS) is 12.5. The van der Waals surface area contributed by atoms with Gasteiger partial charge < -0.3 is 5.11 Å². The van der Waals surface area contributed by atoms with Crippen LogP contribution in [0.25, 0.3) is 10.9 Å². The van der Waals surface area contributed by atoms with Crippen molar-refractivity contribution < 1.29 is 9.50 Å². The molecule has 0 amide bonds. The highest BCUT2D eigenvalue weighted by Gasteiger charge is 2.11. The Kier molecular flexibility index (Phi) is 2.97. The molecular formula is C16H12FNO. The zero-order valence-corrected chi connectivity index (χ0v) is 10.1. The van der Waals surface area contributed by atoms with Gasteiger partial charge in [-0.05, 0) is 35.4 Å². The lowest BCUT2D eigenvalue weighted by Crippen LogP contribution is -1.99. The number of pyridine rings is 1. The van der Waals surface area contributed by atoms with Gasteiger partial charge in [-0.2, -0.15) is 0 Å². The summed E-state index contributed by atoms with van der Waals surface area (Å²) in [6, 6.07) is 15.3. The maximum Gasteiger partial charge on any atom is 0.123 e. The zero-order valence-electron chi connectivity index (χ0n) is 10.1. The van der Waals surface area contributed by atoms with Crippen molar-refractivity contribution in [3.8, 4) is 0 Å². The largest absolute Gasteiger partial charge is 0.384 e. The summed E-state index contributed by atoms with van der Waals surface area (Å²) in [5.74, 6) is -0.309. The number of fused-ring (bicyclic) bond motifs is 1. The van der Waals surface area contributed by atoms with E-state index in [9.17, 15) is 9.50 Å². The summed E-state index contributed by atoms with van der Waals surface area (Å²) in [5, 5.41) is 11.3. The summed E-state index contributed by atoms with van der Waals surface area (Å²) in [7, 11) is 0. The van der Waals surface area contributed by atoms with Crippen LogP contribution >= 0.6 is 0 Å². The lowest BCUT2D eigenvalue weighted by molar-refractivity contribution is 0.220. The van der Waals surface area contributed by atoms with E-state index in [2.05, 4.69) is 4.98 Å². The maximum atomic E-state index is 12.9. The van der Waals surface area contributed by atoms with E-state index in [4.69, 9.17) is 0 Å². The van der Waals surface area contributed by atoms with Crippen LogP contribution in [0.5, 0.6) is 0 Å². The molecule has 1 unspecified atom stereocenters. The number of aromatic nitrogens is 1. The van der Waals surface area contributed by atoms with E-state index in [-0.39, 0.29) is 5.82 Å². The molecule has 0 aliphatic rings. The number of rotatable bonds is 2. The molecule has 1 heterocycles. The van der Waals surface area contributed by atoms with Crippen molar-refractivity contribution in [1.82, 2.24) is 4.98 Å². The Labute approximate surface area is 110 Å². The van der Waals surface area contributed by atoms with Crippen LogP contribution in [0.15, 0.2) is 60.8 Å². The molecule has 0 bridgehead atoms. The third kappa shape index (κ3) is 2.33. The van der Waals surface area contributed by atoms with Crippen LogP contribution in [0.3, 0.4) is 0 Å². The van der Waals surface area contributed by atoms with Crippen LogP contribution < -0.4 is 0 Å². The van der Waals surface area contributed by atoms with Gasteiger partial charge in [0, 0.05) is 11.6 Å². The lowest BCUT2D eigenvalue weighted by atomic mass is 10.0. The second-order valence-corrected chi connectivity index (χ2v) is 4.41. The first-order valence-electron chi connectivity index (χ1n) is 6.02. The third-order valence-corrected chi connectivity index (χ3v) is 3.13. The molecule has 94 valence electrons. The van der Waals surface area contributed by atoms with Crippen LogP contribution in [-0.4, -0.2) is 10.1 Å². The Hall–Kier alpha value is -2.26. The number of aliphatic hydroxyl groups is 1. The molecule has 3 heteroatoms. The van der Waals surface area contributed by atoms with E-state index in [1.165, 1.54) is 12.1 Å². The number of hydrogen-bond acceptors (Lipinski definition) is 2. The van der Waals surface area contributed by atoms with Gasteiger partial charge in [0.2, 0.25) is 0 Å². The highest BCUT2D eigenvalue weighted by molar-refractivity contribution is 5.79. The first kappa shape index (κ1) is 11.8. The topological polar surface area (TPSA) is 33.1 Å². The Bertz CT molecular complexity index is 709. The van der Waals surface area contributed by atoms with Gasteiger partial charge in [0.25, 0.3) is 0 Å². The fourth-order valence-electron chi connectivity index (χ4n) is 2.09. The van der Waals surface area contributed by atoms with E-state index in [1.54, 1.807) is 18.3 Å². The minimum absolute atomic E-state index is 0.309. The van der Waals surface area contributed by atoms with Gasteiger partial charge in [-0.15, -0.1) is 0 Å². The second kappa shape index (κ2) is 4.78. The highest BCUT2D eigenvalue weighted by atomic mass is 19.1. The molecule has 0 aliphatic carbocycles. The van der Waals surface area contributed by atoms with Crippen LogP contribution in [0.1, 0.15) is 17.2 Å². The number of halogens is 1. The molecule has 1 N–H and O–H groups in total. The first-order valence-corrected chi connectivity index (χ1v) is 6.02. The Balaban J connectivity index is 2.01. The molecule has 0 saturated carbocycles. The fourth-order valence-corrected chi connectivity index (χ4v) is 2.09. The third-order valence-electron chi connectivity index (χ3n) is 3.13. The number of aliphatic hydroxyl groups excluding tert-OH is 1. The van der Waals surface area contributed by atoms with E-state index in [0.29, 0.717) is 5.56 Å². The average molecular weight is 253 g/mol. The summed E-state index contributed by atoms with van der Waals surface area (Å²) < 4.78 is 12.9. The van der Waals surface area contributed by atoms with E-state index in [0.717, 1.165) is 16.5 Å². The van der Waals surface area contributed by atoms with E-state index in [1.807, 2.05) is 30.3 Å². The molecule has 3 rings (SSSR count). The maximum absolute atomic E-state index is 12.9. The molecule has 0 spiro atoms. The quantitative estimate of drug-likeness (QED) is 0.758. The van der Waals surface area contributed by atoms with Gasteiger partial charge in [0.1, 0.15) is 11.9 Å². The molecule has 19 heavy (non-hydrogen) atoms. The second-order valence-electron chi connectivity index (χ2n) is 4.41. The molecule has 2 aromatic carbocycles. The molecule has 1 aromatic heterocycles. The van der Waals surface area contributed by atoms with E-state index < -0.39 is 6.10 Å². The molecular weight excluding hydrogens is 241 g/mol. The standard InChI is InChI=1S/C16H12FNO/c17-14-7-5-12(6-8-14)16(19)13-4-3-11-2-1-9-18-15(11)10-13/h1-10,16,19H. The van der Waals surface area contributed by atoms with Gasteiger partial charge in [-0.1, -0.05) is 30.3 Å². The van der Waals surface area contributed by atoms with Crippen molar-refractivity contribution in [1.29, 1.82) is 0 Å². The Morgan fingerprint density at radius 1 is 0.947 bits per heavy atom. The number of benzene rings is 2. The van der Waals surface area contributed by atoms with Crippen LogP contribution in [0.4, 0.5) is 4.39 Å². The lowest BCUT2D eigenvalue weighted by Gasteiger charge is -2.12. The van der Waals surface area contributed by atoms with Crippen molar-refractivity contribution in [2.24, 2.45) is 0 Å². The summed E-state index contributed by atoms with van der Waals surface area (Å²) in [6.07, 6.45) is 0.947. The molecule has 0 radical (unpaired) electrons.